The molecule has 0 amide bonds. The van der Waals surface area contributed by atoms with E-state index in [4.69, 9.17) is 5.73 Å². The smallest absolute Gasteiger partial charge is 0.275 e. The molecule has 0 fully saturated rings. The molecule has 19 heavy (non-hydrogen) atoms. The van der Waals surface area contributed by atoms with Gasteiger partial charge in [0.15, 0.2) is 0 Å². The highest BCUT2D eigenvalue weighted by molar-refractivity contribution is 5.39. The molecule has 0 aliphatic heterocycles. The largest absolute Gasteiger partial charge is 0.324 e. The zero-order valence-electron chi connectivity index (χ0n) is 10.6. The average molecular weight is 257 g/mol. The number of aromatic nitrogens is 1. The Labute approximate surface area is 111 Å². The lowest BCUT2D eigenvalue weighted by Crippen LogP contribution is -2.14. The second-order valence-corrected chi connectivity index (χ2v) is 4.44. The van der Waals surface area contributed by atoms with Crippen LogP contribution in [0.1, 0.15) is 22.9 Å². The summed E-state index contributed by atoms with van der Waals surface area (Å²) in [5.74, 6) is 0. The number of nitrogens with two attached hydrogens (primary N) is 1. The van der Waals surface area contributed by atoms with Crippen molar-refractivity contribution in [2.45, 2.75) is 19.4 Å². The normalized spacial score (nSPS) is 12.1. The zero-order chi connectivity index (χ0) is 13.8. The summed E-state index contributed by atoms with van der Waals surface area (Å²) in [7, 11) is 0. The van der Waals surface area contributed by atoms with Crippen LogP contribution in [0.2, 0.25) is 0 Å². The minimum Gasteiger partial charge on any atom is -0.324 e. The number of hydrogen-bond donors (Lipinski definition) is 1. The molecule has 5 heteroatoms. The van der Waals surface area contributed by atoms with E-state index in [9.17, 15) is 10.1 Å². The first-order valence-electron chi connectivity index (χ1n) is 5.98. The van der Waals surface area contributed by atoms with Crippen molar-refractivity contribution >= 4 is 5.69 Å². The first-order chi connectivity index (χ1) is 9.08. The molecule has 0 saturated carbocycles. The van der Waals surface area contributed by atoms with E-state index in [0.29, 0.717) is 17.7 Å². The molecular formula is C14H15N3O2. The van der Waals surface area contributed by atoms with Gasteiger partial charge in [-0.3, -0.25) is 15.1 Å². The van der Waals surface area contributed by atoms with Gasteiger partial charge >= 0.3 is 0 Å². The van der Waals surface area contributed by atoms with Crippen molar-refractivity contribution in [3.8, 4) is 0 Å². The van der Waals surface area contributed by atoms with Crippen LogP contribution in [0.25, 0.3) is 0 Å². The van der Waals surface area contributed by atoms with Crippen LogP contribution in [0.5, 0.6) is 0 Å². The van der Waals surface area contributed by atoms with Gasteiger partial charge in [-0.15, -0.1) is 0 Å². The van der Waals surface area contributed by atoms with Crippen LogP contribution in [0.4, 0.5) is 5.69 Å². The molecular weight excluding hydrogens is 242 g/mol. The van der Waals surface area contributed by atoms with E-state index in [0.717, 1.165) is 5.56 Å². The van der Waals surface area contributed by atoms with E-state index >= 15 is 0 Å². The van der Waals surface area contributed by atoms with Crippen LogP contribution >= 0.6 is 0 Å². The molecule has 5 nitrogen and oxygen atoms in total. The van der Waals surface area contributed by atoms with Crippen molar-refractivity contribution < 1.29 is 4.92 Å². The Morgan fingerprint density at radius 2 is 2.05 bits per heavy atom. The van der Waals surface area contributed by atoms with Gasteiger partial charge in [-0.1, -0.05) is 30.3 Å². The lowest BCUT2D eigenvalue weighted by molar-refractivity contribution is -0.385. The molecule has 1 heterocycles. The molecule has 0 saturated heterocycles. The van der Waals surface area contributed by atoms with E-state index < -0.39 is 4.92 Å². The molecule has 98 valence electrons. The first kappa shape index (κ1) is 13.2. The topological polar surface area (TPSA) is 82.0 Å². The summed E-state index contributed by atoms with van der Waals surface area (Å²) in [5.41, 5.74) is 8.35. The Hall–Kier alpha value is -2.27. The van der Waals surface area contributed by atoms with Gasteiger partial charge in [0.25, 0.3) is 5.69 Å². The molecule has 0 aliphatic carbocycles. The van der Waals surface area contributed by atoms with Gasteiger partial charge in [-0.2, -0.15) is 0 Å². The molecule has 2 rings (SSSR count). The van der Waals surface area contributed by atoms with Crippen molar-refractivity contribution in [2.75, 3.05) is 0 Å². The Kier molecular flexibility index (Phi) is 3.87. The van der Waals surface area contributed by atoms with Crippen LogP contribution in [0, 0.1) is 17.0 Å². The van der Waals surface area contributed by atoms with Crippen LogP contribution in [0.15, 0.2) is 42.6 Å². The maximum Gasteiger partial charge on any atom is 0.275 e. The zero-order valence-corrected chi connectivity index (χ0v) is 10.6. The predicted molar refractivity (Wildman–Crippen MR) is 72.7 cm³/mol. The monoisotopic (exact) mass is 257 g/mol. The van der Waals surface area contributed by atoms with Crippen LogP contribution < -0.4 is 5.73 Å². The van der Waals surface area contributed by atoms with E-state index in [2.05, 4.69) is 4.98 Å². The molecule has 2 aromatic rings. The van der Waals surface area contributed by atoms with Gasteiger partial charge < -0.3 is 5.73 Å². The van der Waals surface area contributed by atoms with Gasteiger partial charge in [0, 0.05) is 36.0 Å². The third-order valence-corrected chi connectivity index (χ3v) is 2.98. The maximum atomic E-state index is 10.9. The molecule has 0 aliphatic rings. The fourth-order valence-electron chi connectivity index (χ4n) is 1.91. The van der Waals surface area contributed by atoms with Gasteiger partial charge in [0.1, 0.15) is 0 Å². The van der Waals surface area contributed by atoms with Gasteiger partial charge in [0.05, 0.1) is 4.92 Å². The third kappa shape index (κ3) is 3.14. The summed E-state index contributed by atoms with van der Waals surface area (Å²) in [6.07, 6.45) is 2.00. The van der Waals surface area contributed by atoms with E-state index in [-0.39, 0.29) is 11.7 Å². The molecule has 1 unspecified atom stereocenters. The quantitative estimate of drug-likeness (QED) is 0.674. The maximum absolute atomic E-state index is 10.9. The minimum absolute atomic E-state index is 0.0882. The fraction of sp³-hybridized carbons (Fsp3) is 0.214. The van der Waals surface area contributed by atoms with E-state index in [1.807, 2.05) is 30.3 Å². The second kappa shape index (κ2) is 5.58. The summed E-state index contributed by atoms with van der Waals surface area (Å²) in [4.78, 5) is 14.7. The molecule has 0 bridgehead atoms. The lowest BCUT2D eigenvalue weighted by atomic mass is 10.0. The van der Waals surface area contributed by atoms with Gasteiger partial charge in [-0.05, 0) is 12.5 Å². The second-order valence-electron chi connectivity index (χ2n) is 4.44. The van der Waals surface area contributed by atoms with Crippen molar-refractivity contribution in [3.63, 3.8) is 0 Å². The van der Waals surface area contributed by atoms with Crippen LogP contribution in [-0.2, 0) is 6.42 Å². The van der Waals surface area contributed by atoms with Gasteiger partial charge in [-0.25, -0.2) is 0 Å². The molecule has 0 spiro atoms. The first-order valence-corrected chi connectivity index (χ1v) is 5.98. The SMILES string of the molecule is Cc1cnc(CC(N)c2ccccc2)cc1[N+](=O)[O-]. The number of nitrogens with zero attached hydrogens (tertiary/aromatic N) is 2. The summed E-state index contributed by atoms with van der Waals surface area (Å²) < 4.78 is 0. The molecule has 1 aromatic heterocycles. The number of hydrogen-bond acceptors (Lipinski definition) is 4. The molecule has 2 N–H and O–H groups in total. The minimum atomic E-state index is -0.394. The van der Waals surface area contributed by atoms with Crippen LogP contribution in [-0.4, -0.2) is 9.91 Å². The Morgan fingerprint density at radius 1 is 1.37 bits per heavy atom. The summed E-state index contributed by atoms with van der Waals surface area (Å²) in [6.45, 7) is 1.67. The third-order valence-electron chi connectivity index (χ3n) is 2.98. The number of pyridine rings is 1. The highest BCUT2D eigenvalue weighted by Gasteiger charge is 2.14. The average Bonchev–Trinajstić information content (AvgIpc) is 2.41. The number of benzene rings is 1. The summed E-state index contributed by atoms with van der Waals surface area (Å²) in [5, 5.41) is 10.9. The van der Waals surface area contributed by atoms with E-state index in [1.165, 1.54) is 12.3 Å². The summed E-state index contributed by atoms with van der Waals surface area (Å²) >= 11 is 0. The van der Waals surface area contributed by atoms with Crippen molar-refractivity contribution in [2.24, 2.45) is 5.73 Å². The molecule has 0 radical (unpaired) electrons. The van der Waals surface area contributed by atoms with Crippen LogP contribution in [0.3, 0.4) is 0 Å². The Balaban J connectivity index is 2.20. The Bertz CT molecular complexity index is 584. The molecule has 1 aromatic carbocycles. The van der Waals surface area contributed by atoms with Crippen molar-refractivity contribution in [1.29, 1.82) is 0 Å². The molecule has 1 atom stereocenters. The number of rotatable bonds is 4. The van der Waals surface area contributed by atoms with Crippen molar-refractivity contribution in [3.05, 3.63) is 69.5 Å². The number of aryl methyl sites for hydroxylation is 1. The Morgan fingerprint density at radius 3 is 2.68 bits per heavy atom. The van der Waals surface area contributed by atoms with Gasteiger partial charge in [0.2, 0.25) is 0 Å². The van der Waals surface area contributed by atoms with E-state index in [1.54, 1.807) is 6.92 Å². The fourth-order valence-corrected chi connectivity index (χ4v) is 1.91. The standard InChI is InChI=1S/C14H15N3O2/c1-10-9-16-12(8-14(10)17(18)19)7-13(15)11-5-3-2-4-6-11/h2-6,8-9,13H,7,15H2,1H3. The highest BCUT2D eigenvalue weighted by Crippen LogP contribution is 2.20. The van der Waals surface area contributed by atoms with Crippen molar-refractivity contribution in [1.82, 2.24) is 4.98 Å². The lowest BCUT2D eigenvalue weighted by Gasteiger charge is -2.11. The summed E-state index contributed by atoms with van der Waals surface area (Å²) in [6, 6.07) is 10.9. The highest BCUT2D eigenvalue weighted by atomic mass is 16.6. The number of nitro groups is 1. The predicted octanol–water partition coefficient (Wildman–Crippen LogP) is 2.54.